The summed E-state index contributed by atoms with van der Waals surface area (Å²) in [6.45, 7) is 0. The lowest BCUT2D eigenvalue weighted by Crippen LogP contribution is -2.42. The summed E-state index contributed by atoms with van der Waals surface area (Å²) in [5.74, 6) is -0.645. The lowest BCUT2D eigenvalue weighted by molar-refractivity contribution is 0.0844. The number of hydrogen-bond donors (Lipinski definition) is 3. The molecule has 0 radical (unpaired) electrons. The Morgan fingerprint density at radius 1 is 1.04 bits per heavy atom. The molecule has 1 aliphatic rings. The van der Waals surface area contributed by atoms with Gasteiger partial charge in [0.25, 0.3) is 11.8 Å². The molecule has 6 nitrogen and oxygen atoms in total. The fourth-order valence-electron chi connectivity index (χ4n) is 3.15. The molecule has 7 heteroatoms. The number of thiophene rings is 1. The minimum atomic E-state index is -0.370. The van der Waals surface area contributed by atoms with Crippen molar-refractivity contribution in [2.24, 2.45) is 0 Å². The van der Waals surface area contributed by atoms with Crippen molar-refractivity contribution in [3.05, 3.63) is 64.6 Å². The van der Waals surface area contributed by atoms with Crippen molar-refractivity contribution in [1.82, 2.24) is 20.4 Å². The summed E-state index contributed by atoms with van der Waals surface area (Å²) in [4.78, 5) is 28.9. The second kappa shape index (κ2) is 6.60. The van der Waals surface area contributed by atoms with Gasteiger partial charge in [0.15, 0.2) is 0 Å². The Bertz CT molecular complexity index is 894. The second-order valence-corrected chi connectivity index (χ2v) is 7.06. The van der Waals surface area contributed by atoms with Crippen LogP contribution in [0, 0.1) is 0 Å². The van der Waals surface area contributed by atoms with Gasteiger partial charge < -0.3 is 9.55 Å². The summed E-state index contributed by atoms with van der Waals surface area (Å²) < 4.78 is 1.96. The first-order chi connectivity index (χ1) is 12.2. The molecule has 0 aliphatic heterocycles. The van der Waals surface area contributed by atoms with E-state index in [4.69, 9.17) is 0 Å². The van der Waals surface area contributed by atoms with Crippen molar-refractivity contribution in [3.8, 4) is 5.00 Å². The summed E-state index contributed by atoms with van der Waals surface area (Å²) >= 11 is 1.66. The number of carbonyl (C=O) groups is 2. The van der Waals surface area contributed by atoms with Crippen molar-refractivity contribution in [2.75, 3.05) is 0 Å². The predicted molar refractivity (Wildman–Crippen MR) is 96.0 cm³/mol. The van der Waals surface area contributed by atoms with Gasteiger partial charge in [-0.3, -0.25) is 20.4 Å². The van der Waals surface area contributed by atoms with E-state index in [0.29, 0.717) is 11.3 Å². The van der Waals surface area contributed by atoms with Gasteiger partial charge in [0.1, 0.15) is 10.7 Å². The lowest BCUT2D eigenvalue weighted by Gasteiger charge is -2.13. The van der Waals surface area contributed by atoms with Crippen LogP contribution in [0.1, 0.15) is 44.1 Å². The predicted octanol–water partition coefficient (Wildman–Crippen LogP) is 2.82. The first kappa shape index (κ1) is 15.7. The van der Waals surface area contributed by atoms with Crippen LogP contribution < -0.4 is 10.9 Å². The molecule has 0 atom stereocenters. The van der Waals surface area contributed by atoms with Gasteiger partial charge >= 0.3 is 0 Å². The van der Waals surface area contributed by atoms with E-state index in [1.54, 1.807) is 29.7 Å². The number of rotatable bonds is 3. The van der Waals surface area contributed by atoms with Crippen LogP contribution in [-0.4, -0.2) is 21.4 Å². The molecule has 0 aromatic carbocycles. The summed E-state index contributed by atoms with van der Waals surface area (Å²) in [6, 6.07) is 7.26. The van der Waals surface area contributed by atoms with Crippen LogP contribution in [0.5, 0.6) is 0 Å². The van der Waals surface area contributed by atoms with E-state index in [9.17, 15) is 9.59 Å². The minimum Gasteiger partial charge on any atom is -0.357 e. The fourth-order valence-corrected chi connectivity index (χ4v) is 4.50. The molecule has 0 spiro atoms. The Labute approximate surface area is 148 Å². The quantitative estimate of drug-likeness (QED) is 0.633. The third-order valence-electron chi connectivity index (χ3n) is 4.35. The molecule has 0 saturated carbocycles. The number of hydrazine groups is 1. The minimum absolute atomic E-state index is 0.275. The third-order valence-corrected chi connectivity index (χ3v) is 5.66. The van der Waals surface area contributed by atoms with E-state index in [1.807, 2.05) is 29.1 Å². The van der Waals surface area contributed by atoms with Crippen molar-refractivity contribution >= 4 is 23.2 Å². The Morgan fingerprint density at radius 3 is 2.56 bits per heavy atom. The molecular formula is C18H18N4O2S. The van der Waals surface area contributed by atoms with E-state index in [-0.39, 0.29) is 11.8 Å². The molecule has 3 aromatic rings. The molecule has 128 valence electrons. The number of carbonyl (C=O) groups excluding carboxylic acids is 2. The van der Waals surface area contributed by atoms with Crippen LogP contribution >= 0.6 is 11.3 Å². The van der Waals surface area contributed by atoms with Gasteiger partial charge in [0.2, 0.25) is 0 Å². The van der Waals surface area contributed by atoms with E-state index < -0.39 is 0 Å². The number of nitrogens with zero attached hydrogens (tertiary/aromatic N) is 1. The van der Waals surface area contributed by atoms with E-state index in [0.717, 1.165) is 36.2 Å². The SMILES string of the molecule is O=C(NNC(=O)c1c(-n2cccc2)sc2c1CCCC2)c1ccc[nH]1. The number of aromatic amines is 1. The van der Waals surface area contributed by atoms with Gasteiger partial charge in [0, 0.05) is 23.5 Å². The van der Waals surface area contributed by atoms with Crippen LogP contribution in [-0.2, 0) is 12.8 Å². The highest BCUT2D eigenvalue weighted by atomic mass is 32.1. The number of nitrogens with one attached hydrogen (secondary N) is 3. The van der Waals surface area contributed by atoms with Gasteiger partial charge in [-0.25, -0.2) is 0 Å². The molecule has 2 amide bonds. The molecule has 25 heavy (non-hydrogen) atoms. The molecule has 3 N–H and O–H groups in total. The molecule has 1 aliphatic carbocycles. The summed E-state index contributed by atoms with van der Waals surface area (Å²) in [5, 5.41) is 0.906. The highest BCUT2D eigenvalue weighted by Gasteiger charge is 2.26. The van der Waals surface area contributed by atoms with Crippen molar-refractivity contribution in [1.29, 1.82) is 0 Å². The smallest absolute Gasteiger partial charge is 0.286 e. The Morgan fingerprint density at radius 2 is 1.80 bits per heavy atom. The zero-order valence-electron chi connectivity index (χ0n) is 13.5. The number of H-pyrrole nitrogens is 1. The van der Waals surface area contributed by atoms with Crippen molar-refractivity contribution in [3.63, 3.8) is 0 Å². The van der Waals surface area contributed by atoms with Gasteiger partial charge in [-0.05, 0) is 55.5 Å². The average Bonchev–Trinajstić information content (AvgIpc) is 3.39. The molecule has 0 saturated heterocycles. The molecule has 4 rings (SSSR count). The first-order valence-corrected chi connectivity index (χ1v) is 9.07. The van der Waals surface area contributed by atoms with Crippen LogP contribution in [0.3, 0.4) is 0 Å². The topological polar surface area (TPSA) is 78.9 Å². The third kappa shape index (κ3) is 2.98. The van der Waals surface area contributed by atoms with E-state index in [1.165, 1.54) is 4.88 Å². The molecule has 0 bridgehead atoms. The highest BCUT2D eigenvalue weighted by molar-refractivity contribution is 7.15. The number of fused-ring (bicyclic) bond motifs is 1. The average molecular weight is 354 g/mol. The van der Waals surface area contributed by atoms with Gasteiger partial charge in [-0.1, -0.05) is 0 Å². The number of aromatic nitrogens is 2. The van der Waals surface area contributed by atoms with Crippen LogP contribution in [0.15, 0.2) is 42.9 Å². The zero-order valence-corrected chi connectivity index (χ0v) is 14.4. The standard InChI is InChI=1S/C18H18N4O2S/c23-16(13-7-5-9-19-13)20-21-17(24)15-12-6-1-2-8-14(12)25-18(15)22-10-3-4-11-22/h3-5,7,9-11,19H,1-2,6,8H2,(H,20,23)(H,21,24). The van der Waals surface area contributed by atoms with Gasteiger partial charge in [-0.15, -0.1) is 11.3 Å². The van der Waals surface area contributed by atoms with Crippen molar-refractivity contribution in [2.45, 2.75) is 25.7 Å². The molecule has 3 heterocycles. The maximum atomic E-state index is 12.8. The molecule has 3 aromatic heterocycles. The largest absolute Gasteiger partial charge is 0.357 e. The number of aryl methyl sites for hydroxylation is 1. The van der Waals surface area contributed by atoms with Gasteiger partial charge in [0.05, 0.1) is 5.56 Å². The van der Waals surface area contributed by atoms with Crippen molar-refractivity contribution < 1.29 is 9.59 Å². The van der Waals surface area contributed by atoms with E-state index >= 15 is 0 Å². The molecular weight excluding hydrogens is 336 g/mol. The first-order valence-electron chi connectivity index (χ1n) is 8.26. The highest BCUT2D eigenvalue weighted by Crippen LogP contribution is 2.36. The maximum Gasteiger partial charge on any atom is 0.286 e. The van der Waals surface area contributed by atoms with Gasteiger partial charge in [-0.2, -0.15) is 0 Å². The van der Waals surface area contributed by atoms with Crippen LogP contribution in [0.25, 0.3) is 5.00 Å². The Balaban J connectivity index is 1.61. The Hall–Kier alpha value is -2.80. The Kier molecular flexibility index (Phi) is 4.15. The summed E-state index contributed by atoms with van der Waals surface area (Å²) in [6.07, 6.45) is 9.69. The maximum absolute atomic E-state index is 12.8. The van der Waals surface area contributed by atoms with Crippen LogP contribution in [0.4, 0.5) is 0 Å². The zero-order chi connectivity index (χ0) is 17.2. The van der Waals surface area contributed by atoms with E-state index in [2.05, 4.69) is 15.8 Å². The second-order valence-electron chi connectivity index (χ2n) is 5.97. The lowest BCUT2D eigenvalue weighted by atomic mass is 9.95. The van der Waals surface area contributed by atoms with Crippen LogP contribution in [0.2, 0.25) is 0 Å². The monoisotopic (exact) mass is 354 g/mol. The number of amides is 2. The number of hydrogen-bond acceptors (Lipinski definition) is 3. The summed E-state index contributed by atoms with van der Waals surface area (Å²) in [5.41, 5.74) is 7.23. The molecule has 0 unspecified atom stereocenters. The summed E-state index contributed by atoms with van der Waals surface area (Å²) in [7, 11) is 0. The normalized spacial score (nSPS) is 13.3. The molecule has 0 fully saturated rings. The fraction of sp³-hybridized carbons (Fsp3) is 0.222.